The van der Waals surface area contributed by atoms with Gasteiger partial charge in [-0.1, -0.05) is 57.5 Å². The number of fused-ring (bicyclic) bond motifs is 1. The first kappa shape index (κ1) is 23.0. The van der Waals surface area contributed by atoms with Crippen LogP contribution in [-0.4, -0.2) is 33.2 Å². The minimum absolute atomic E-state index is 0.0142. The van der Waals surface area contributed by atoms with Crippen LogP contribution in [0.1, 0.15) is 72.8 Å². The van der Waals surface area contributed by atoms with E-state index in [-0.39, 0.29) is 11.6 Å². The zero-order chi connectivity index (χ0) is 21.4. The standard InChI is InChI=1S/C24H40NO3P/c1-17(2)14-22(26)19(4)29(27)25(16-20-10-8-7-9-11-20)24(5,6)21-13-12-18(3)15-23(21)28-29/h7-11,17-19,21-23,26H,12-16H2,1-6H3/t18-,19-,21-,22+,23-,29+/m1/s1. The predicted octanol–water partition coefficient (Wildman–Crippen LogP) is 6.09. The number of hydrogen-bond donors (Lipinski definition) is 1. The molecule has 1 aromatic carbocycles. The van der Waals surface area contributed by atoms with Crippen LogP contribution >= 0.6 is 7.52 Å². The van der Waals surface area contributed by atoms with E-state index in [2.05, 4.69) is 51.4 Å². The fourth-order valence-corrected chi connectivity index (χ4v) is 8.48. The molecule has 0 aromatic heterocycles. The van der Waals surface area contributed by atoms with Crippen LogP contribution in [0.5, 0.6) is 0 Å². The minimum atomic E-state index is -3.25. The largest absolute Gasteiger partial charge is 0.392 e. The van der Waals surface area contributed by atoms with E-state index in [1.165, 1.54) is 6.42 Å². The van der Waals surface area contributed by atoms with Crippen molar-refractivity contribution in [1.29, 1.82) is 0 Å². The highest BCUT2D eigenvalue weighted by Crippen LogP contribution is 2.67. The summed E-state index contributed by atoms with van der Waals surface area (Å²) in [5, 5.41) is 10.9. The van der Waals surface area contributed by atoms with Crippen molar-refractivity contribution in [2.75, 3.05) is 0 Å². The van der Waals surface area contributed by atoms with Crippen molar-refractivity contribution in [3.05, 3.63) is 35.9 Å². The van der Waals surface area contributed by atoms with Crippen LogP contribution in [-0.2, 0) is 15.6 Å². The third-order valence-electron chi connectivity index (χ3n) is 7.21. The second-order valence-corrected chi connectivity index (χ2v) is 13.0. The normalized spacial score (nSPS) is 34.6. The van der Waals surface area contributed by atoms with Gasteiger partial charge in [0.15, 0.2) is 0 Å². The first-order valence-corrected chi connectivity index (χ1v) is 13.0. The van der Waals surface area contributed by atoms with Crippen molar-refractivity contribution in [3.8, 4) is 0 Å². The lowest BCUT2D eigenvalue weighted by atomic mass is 9.71. The van der Waals surface area contributed by atoms with E-state index in [4.69, 9.17) is 4.52 Å². The highest BCUT2D eigenvalue weighted by atomic mass is 31.2. The Hall–Kier alpha value is -0.670. The van der Waals surface area contributed by atoms with E-state index in [1.807, 2.05) is 25.1 Å². The minimum Gasteiger partial charge on any atom is -0.392 e. The van der Waals surface area contributed by atoms with Gasteiger partial charge < -0.3 is 9.63 Å². The van der Waals surface area contributed by atoms with Crippen molar-refractivity contribution in [2.24, 2.45) is 17.8 Å². The van der Waals surface area contributed by atoms with Gasteiger partial charge in [0.05, 0.1) is 17.9 Å². The monoisotopic (exact) mass is 421 g/mol. The van der Waals surface area contributed by atoms with Gasteiger partial charge in [0, 0.05) is 18.0 Å². The lowest BCUT2D eigenvalue weighted by Crippen LogP contribution is -2.59. The molecule has 4 nitrogen and oxygen atoms in total. The Labute approximate surface area is 177 Å². The topological polar surface area (TPSA) is 49.8 Å². The Morgan fingerprint density at radius 2 is 1.86 bits per heavy atom. The average molecular weight is 422 g/mol. The zero-order valence-corrected chi connectivity index (χ0v) is 19.9. The van der Waals surface area contributed by atoms with Crippen LogP contribution in [0.15, 0.2) is 30.3 Å². The molecule has 0 unspecified atom stereocenters. The Kier molecular flexibility index (Phi) is 7.00. The molecule has 2 aliphatic rings. The fraction of sp³-hybridized carbons (Fsp3) is 0.750. The van der Waals surface area contributed by atoms with E-state index in [1.54, 1.807) is 0 Å². The number of aliphatic hydroxyl groups is 1. The summed E-state index contributed by atoms with van der Waals surface area (Å²) in [6.07, 6.45) is 3.28. The summed E-state index contributed by atoms with van der Waals surface area (Å²) in [6, 6.07) is 10.2. The number of nitrogens with zero attached hydrogens (tertiary/aromatic N) is 1. The van der Waals surface area contributed by atoms with Gasteiger partial charge >= 0.3 is 0 Å². The maximum Gasteiger partial charge on any atom is 0.278 e. The molecule has 1 aromatic rings. The quantitative estimate of drug-likeness (QED) is 0.565. The first-order valence-electron chi connectivity index (χ1n) is 11.3. The molecule has 29 heavy (non-hydrogen) atoms. The van der Waals surface area contributed by atoms with Gasteiger partial charge in [0.25, 0.3) is 7.52 Å². The van der Waals surface area contributed by atoms with E-state index < -0.39 is 19.3 Å². The number of hydrogen-bond acceptors (Lipinski definition) is 3. The third kappa shape index (κ3) is 4.66. The van der Waals surface area contributed by atoms with Gasteiger partial charge in [-0.15, -0.1) is 0 Å². The molecule has 0 spiro atoms. The van der Waals surface area contributed by atoms with E-state index in [0.29, 0.717) is 30.7 Å². The molecule has 0 amide bonds. The van der Waals surface area contributed by atoms with Gasteiger partial charge in [-0.2, -0.15) is 0 Å². The van der Waals surface area contributed by atoms with E-state index in [9.17, 15) is 9.67 Å². The Balaban J connectivity index is 1.99. The Morgan fingerprint density at radius 3 is 2.48 bits per heavy atom. The summed E-state index contributed by atoms with van der Waals surface area (Å²) in [5.74, 6) is 1.30. The molecule has 5 heteroatoms. The number of rotatable bonds is 6. The SMILES string of the molecule is CC(C)C[C@H](O)[C@@H](C)[P@]1(=O)O[C@@H]2C[C@H](C)CC[C@H]2C(C)(C)N1Cc1ccccc1. The first-order chi connectivity index (χ1) is 13.6. The van der Waals surface area contributed by atoms with Crippen LogP contribution in [0.25, 0.3) is 0 Å². The number of benzene rings is 1. The zero-order valence-electron chi connectivity index (χ0n) is 19.0. The Bertz CT molecular complexity index is 720. The summed E-state index contributed by atoms with van der Waals surface area (Å²) in [4.78, 5) is 0. The average Bonchev–Trinajstić information content (AvgIpc) is 2.64. The summed E-state index contributed by atoms with van der Waals surface area (Å²) in [7, 11) is -3.25. The molecule has 2 fully saturated rings. The lowest BCUT2D eigenvalue weighted by Gasteiger charge is -2.58. The van der Waals surface area contributed by atoms with Crippen molar-refractivity contribution < 1.29 is 14.2 Å². The van der Waals surface area contributed by atoms with Crippen molar-refractivity contribution >= 4 is 7.52 Å². The maximum absolute atomic E-state index is 14.6. The summed E-state index contributed by atoms with van der Waals surface area (Å²) in [6.45, 7) is 13.4. The molecule has 0 radical (unpaired) electrons. The molecule has 1 aliphatic heterocycles. The summed E-state index contributed by atoms with van der Waals surface area (Å²) in [5.41, 5.74) is 0.476. The molecule has 1 saturated heterocycles. The van der Waals surface area contributed by atoms with E-state index >= 15 is 0 Å². The van der Waals surface area contributed by atoms with Gasteiger partial charge in [0.2, 0.25) is 0 Å². The molecule has 3 rings (SSSR count). The number of aliphatic hydroxyl groups excluding tert-OH is 1. The summed E-state index contributed by atoms with van der Waals surface area (Å²) < 4.78 is 23.3. The highest BCUT2D eigenvalue weighted by molar-refractivity contribution is 7.57. The van der Waals surface area contributed by atoms with Gasteiger partial charge in [-0.25, -0.2) is 4.67 Å². The molecule has 1 aliphatic carbocycles. The molecule has 164 valence electrons. The van der Waals surface area contributed by atoms with Crippen LogP contribution in [0.3, 0.4) is 0 Å². The smallest absolute Gasteiger partial charge is 0.278 e. The molecular weight excluding hydrogens is 381 g/mol. The molecule has 1 heterocycles. The lowest BCUT2D eigenvalue weighted by molar-refractivity contribution is -0.0549. The van der Waals surface area contributed by atoms with Gasteiger partial charge in [-0.05, 0) is 57.4 Å². The van der Waals surface area contributed by atoms with Crippen LogP contribution in [0.2, 0.25) is 0 Å². The molecule has 1 saturated carbocycles. The molecule has 1 N–H and O–H groups in total. The molecule has 6 atom stereocenters. The predicted molar refractivity (Wildman–Crippen MR) is 120 cm³/mol. The third-order valence-corrected chi connectivity index (χ3v) is 10.5. The summed E-state index contributed by atoms with van der Waals surface area (Å²) >= 11 is 0. The van der Waals surface area contributed by atoms with Crippen LogP contribution in [0, 0.1) is 17.8 Å². The highest BCUT2D eigenvalue weighted by Gasteiger charge is 2.58. The van der Waals surface area contributed by atoms with Gasteiger partial charge in [0.1, 0.15) is 0 Å². The Morgan fingerprint density at radius 1 is 1.21 bits per heavy atom. The molecular formula is C24H40NO3P. The van der Waals surface area contributed by atoms with Crippen molar-refractivity contribution in [3.63, 3.8) is 0 Å². The maximum atomic E-state index is 14.6. The van der Waals surface area contributed by atoms with Gasteiger partial charge in [-0.3, -0.25) is 4.57 Å². The van der Waals surface area contributed by atoms with Crippen molar-refractivity contribution in [2.45, 2.75) is 97.2 Å². The van der Waals surface area contributed by atoms with Crippen molar-refractivity contribution in [1.82, 2.24) is 4.67 Å². The second-order valence-electron chi connectivity index (χ2n) is 10.4. The fourth-order valence-electron chi connectivity index (χ4n) is 5.33. The van der Waals surface area contributed by atoms with Crippen LogP contribution in [0.4, 0.5) is 0 Å². The second kappa shape index (κ2) is 8.83. The van der Waals surface area contributed by atoms with E-state index in [0.717, 1.165) is 18.4 Å². The van der Waals surface area contributed by atoms with Crippen LogP contribution < -0.4 is 0 Å². The molecule has 0 bridgehead atoms.